The summed E-state index contributed by atoms with van der Waals surface area (Å²) in [4.78, 5) is 29.7. The number of benzene rings is 3. The smallest absolute Gasteiger partial charge is 0.244 e. The molecule has 1 aromatic heterocycles. The Bertz CT molecular complexity index is 1240. The van der Waals surface area contributed by atoms with Crippen molar-refractivity contribution < 1.29 is 9.59 Å². The van der Waals surface area contributed by atoms with Gasteiger partial charge in [0.25, 0.3) is 0 Å². The normalized spacial score (nSPS) is 10.8. The zero-order chi connectivity index (χ0) is 22.3. The minimum absolute atomic E-state index is 0.0704. The molecule has 162 valence electrons. The maximum Gasteiger partial charge on any atom is 0.244 e. The number of nitrogens with one attached hydrogen (secondary N) is 2. The highest BCUT2D eigenvalue weighted by atomic mass is 35.5. The summed E-state index contributed by atoms with van der Waals surface area (Å²) in [6.45, 7) is 0.541. The van der Waals surface area contributed by atoms with Crippen LogP contribution < -0.4 is 10.6 Å². The molecule has 32 heavy (non-hydrogen) atoms. The Morgan fingerprint density at radius 2 is 1.72 bits per heavy atom. The largest absolute Gasteiger partial charge is 0.351 e. The van der Waals surface area contributed by atoms with Crippen molar-refractivity contribution in [2.75, 3.05) is 11.1 Å². The Balaban J connectivity index is 1.44. The van der Waals surface area contributed by atoms with E-state index in [9.17, 15) is 9.59 Å². The first-order valence-corrected chi connectivity index (χ1v) is 11.4. The van der Waals surface area contributed by atoms with Crippen molar-refractivity contribution in [3.8, 4) is 0 Å². The number of fused-ring (bicyclic) bond motifs is 1. The lowest BCUT2D eigenvalue weighted by molar-refractivity contribution is -0.118. The second-order valence-electron chi connectivity index (χ2n) is 7.08. The summed E-state index contributed by atoms with van der Waals surface area (Å²) < 4.78 is 1.82. The number of aromatic nitrogens is 2. The molecule has 0 saturated carbocycles. The van der Waals surface area contributed by atoms with Gasteiger partial charge in [-0.15, -0.1) is 0 Å². The van der Waals surface area contributed by atoms with Crippen molar-refractivity contribution in [2.45, 2.75) is 18.2 Å². The van der Waals surface area contributed by atoms with Crippen LogP contribution in [0.1, 0.15) is 5.56 Å². The van der Waals surface area contributed by atoms with E-state index in [1.807, 2.05) is 59.2 Å². The number of hydrogen-bond acceptors (Lipinski definition) is 4. The molecule has 0 fully saturated rings. The standard InChI is InChI=1S/C24H21ClN4O2S/c25-18-9-6-10-19(13-18)27-22(30)15-29-21-12-5-4-11-20(21)28-24(29)32-16-23(31)26-14-17-7-2-1-3-8-17/h1-13H,14-16H2,(H,26,31)(H,27,30). The van der Waals surface area contributed by atoms with E-state index < -0.39 is 0 Å². The average molecular weight is 465 g/mol. The third kappa shape index (κ3) is 5.69. The van der Waals surface area contributed by atoms with Crippen LogP contribution in [0.4, 0.5) is 5.69 Å². The molecule has 3 aromatic carbocycles. The minimum atomic E-state index is -0.203. The van der Waals surface area contributed by atoms with Gasteiger partial charge in [0, 0.05) is 17.3 Å². The molecule has 0 unspecified atom stereocenters. The second kappa shape index (κ2) is 10.3. The van der Waals surface area contributed by atoms with E-state index in [4.69, 9.17) is 11.6 Å². The molecule has 0 aliphatic carbocycles. The summed E-state index contributed by atoms with van der Waals surface area (Å²) in [6, 6.07) is 24.3. The third-order valence-electron chi connectivity index (χ3n) is 4.69. The van der Waals surface area contributed by atoms with Crippen LogP contribution in [0.3, 0.4) is 0 Å². The van der Waals surface area contributed by atoms with E-state index in [1.54, 1.807) is 24.3 Å². The second-order valence-corrected chi connectivity index (χ2v) is 8.46. The molecule has 4 rings (SSSR count). The average Bonchev–Trinajstić information content (AvgIpc) is 3.14. The van der Waals surface area contributed by atoms with E-state index in [-0.39, 0.29) is 24.1 Å². The van der Waals surface area contributed by atoms with Gasteiger partial charge in [-0.25, -0.2) is 4.98 Å². The molecule has 0 saturated heterocycles. The van der Waals surface area contributed by atoms with Gasteiger partial charge in [-0.1, -0.05) is 71.9 Å². The van der Waals surface area contributed by atoms with Gasteiger partial charge in [0.2, 0.25) is 11.8 Å². The highest BCUT2D eigenvalue weighted by Gasteiger charge is 2.15. The van der Waals surface area contributed by atoms with Gasteiger partial charge in [0.1, 0.15) is 6.54 Å². The lowest BCUT2D eigenvalue weighted by Crippen LogP contribution is -2.25. The lowest BCUT2D eigenvalue weighted by atomic mass is 10.2. The van der Waals surface area contributed by atoms with Crippen LogP contribution in [0.15, 0.2) is 84.0 Å². The summed E-state index contributed by atoms with van der Waals surface area (Å²) in [5, 5.41) is 6.93. The van der Waals surface area contributed by atoms with Crippen LogP contribution in [0.25, 0.3) is 11.0 Å². The Morgan fingerprint density at radius 1 is 0.938 bits per heavy atom. The first-order valence-electron chi connectivity index (χ1n) is 10.0. The van der Waals surface area contributed by atoms with Gasteiger partial charge < -0.3 is 15.2 Å². The minimum Gasteiger partial charge on any atom is -0.351 e. The molecule has 2 N–H and O–H groups in total. The predicted molar refractivity (Wildman–Crippen MR) is 129 cm³/mol. The maximum absolute atomic E-state index is 12.7. The molecule has 2 amide bonds. The van der Waals surface area contributed by atoms with Crippen LogP contribution in [0, 0.1) is 0 Å². The number of anilines is 1. The van der Waals surface area contributed by atoms with Gasteiger partial charge in [-0.05, 0) is 35.9 Å². The fourth-order valence-corrected chi connectivity index (χ4v) is 4.24. The van der Waals surface area contributed by atoms with E-state index in [0.29, 0.717) is 22.4 Å². The summed E-state index contributed by atoms with van der Waals surface area (Å²) in [6.07, 6.45) is 0. The molecule has 4 aromatic rings. The number of carbonyl (C=O) groups excluding carboxylic acids is 2. The topological polar surface area (TPSA) is 76.0 Å². The van der Waals surface area contributed by atoms with Crippen LogP contribution in [0.5, 0.6) is 0 Å². The van der Waals surface area contributed by atoms with E-state index >= 15 is 0 Å². The molecule has 8 heteroatoms. The molecular formula is C24H21ClN4O2S. The SMILES string of the molecule is O=C(CSc1nc2ccccc2n1CC(=O)Nc1cccc(Cl)c1)NCc1ccccc1. The van der Waals surface area contributed by atoms with Gasteiger partial charge >= 0.3 is 0 Å². The summed E-state index contributed by atoms with van der Waals surface area (Å²) in [5.41, 5.74) is 3.27. The van der Waals surface area contributed by atoms with Crippen LogP contribution in [0.2, 0.25) is 5.02 Å². The van der Waals surface area contributed by atoms with Crippen molar-refractivity contribution in [2.24, 2.45) is 0 Å². The number of imidazole rings is 1. The quantitative estimate of drug-likeness (QED) is 0.369. The van der Waals surface area contributed by atoms with E-state index in [0.717, 1.165) is 16.6 Å². The fourth-order valence-electron chi connectivity index (χ4n) is 3.20. The number of hydrogen-bond donors (Lipinski definition) is 2. The molecule has 0 aliphatic rings. The van der Waals surface area contributed by atoms with Crippen molar-refractivity contribution >= 4 is 51.9 Å². The number of carbonyl (C=O) groups is 2. The molecule has 0 atom stereocenters. The lowest BCUT2D eigenvalue weighted by Gasteiger charge is -2.10. The van der Waals surface area contributed by atoms with Gasteiger partial charge in [-0.3, -0.25) is 9.59 Å². The Labute approximate surface area is 195 Å². The molecular weight excluding hydrogens is 444 g/mol. The number of halogens is 1. The third-order valence-corrected chi connectivity index (χ3v) is 5.91. The van der Waals surface area contributed by atoms with Crippen molar-refractivity contribution in [1.29, 1.82) is 0 Å². The fraction of sp³-hybridized carbons (Fsp3) is 0.125. The van der Waals surface area contributed by atoms with Crippen molar-refractivity contribution in [3.05, 3.63) is 89.4 Å². The van der Waals surface area contributed by atoms with Gasteiger partial charge in [0.15, 0.2) is 5.16 Å². The molecule has 0 spiro atoms. The predicted octanol–water partition coefficient (Wildman–Crippen LogP) is 4.74. The van der Waals surface area contributed by atoms with Crippen molar-refractivity contribution in [1.82, 2.24) is 14.9 Å². The number of nitrogens with zero attached hydrogens (tertiary/aromatic N) is 2. The monoisotopic (exact) mass is 464 g/mol. The molecule has 1 heterocycles. The summed E-state index contributed by atoms with van der Waals surface area (Å²) in [5.74, 6) is -0.0989. The van der Waals surface area contributed by atoms with E-state index in [1.165, 1.54) is 11.8 Å². The zero-order valence-electron chi connectivity index (χ0n) is 17.1. The Morgan fingerprint density at radius 3 is 2.53 bits per heavy atom. The summed E-state index contributed by atoms with van der Waals surface area (Å²) >= 11 is 7.31. The van der Waals surface area contributed by atoms with Crippen molar-refractivity contribution in [3.63, 3.8) is 0 Å². The Hall–Kier alpha value is -3.29. The first-order chi connectivity index (χ1) is 15.6. The van der Waals surface area contributed by atoms with Crippen LogP contribution in [-0.2, 0) is 22.7 Å². The van der Waals surface area contributed by atoms with Gasteiger partial charge in [-0.2, -0.15) is 0 Å². The molecule has 6 nitrogen and oxygen atoms in total. The molecule has 0 radical (unpaired) electrons. The summed E-state index contributed by atoms with van der Waals surface area (Å²) in [7, 11) is 0. The highest BCUT2D eigenvalue weighted by molar-refractivity contribution is 7.99. The van der Waals surface area contributed by atoms with Crippen LogP contribution >= 0.6 is 23.4 Å². The number of amides is 2. The molecule has 0 bridgehead atoms. The number of thioether (sulfide) groups is 1. The maximum atomic E-state index is 12.7. The molecule has 0 aliphatic heterocycles. The zero-order valence-corrected chi connectivity index (χ0v) is 18.7. The first kappa shape index (κ1) is 21.9. The van der Waals surface area contributed by atoms with Crippen LogP contribution in [-0.4, -0.2) is 27.1 Å². The number of rotatable bonds is 8. The van der Waals surface area contributed by atoms with Gasteiger partial charge in [0.05, 0.1) is 16.8 Å². The number of para-hydroxylation sites is 2. The Kier molecular flexibility index (Phi) is 7.09. The highest BCUT2D eigenvalue weighted by Crippen LogP contribution is 2.24. The van der Waals surface area contributed by atoms with E-state index in [2.05, 4.69) is 15.6 Å².